The van der Waals surface area contributed by atoms with Crippen LogP contribution in [0.3, 0.4) is 0 Å². The van der Waals surface area contributed by atoms with Gasteiger partial charge in [-0.15, -0.1) is 0 Å². The Balaban J connectivity index is 2.34. The zero-order chi connectivity index (χ0) is 14.3. The molecule has 0 atom stereocenters. The first-order valence-electron chi connectivity index (χ1n) is 5.24. The minimum absolute atomic E-state index is 0.0759. The zero-order valence-electron chi connectivity index (χ0n) is 9.53. The number of hydrazine groups is 1. The van der Waals surface area contributed by atoms with E-state index in [1.165, 1.54) is 12.1 Å². The predicted molar refractivity (Wildman–Crippen MR) is 60.4 cm³/mol. The normalized spacial score (nSPS) is 18.1. The SMILES string of the molecule is NNc1cccnc1S(=O)(=O)NC1(C(F)(F)F)CC1. The molecule has 1 aromatic heterocycles. The smallest absolute Gasteiger partial charge is 0.321 e. The van der Waals surface area contributed by atoms with Gasteiger partial charge in [-0.25, -0.2) is 13.4 Å². The first-order chi connectivity index (χ1) is 8.72. The molecule has 106 valence electrons. The molecule has 10 heteroatoms. The number of anilines is 1. The summed E-state index contributed by atoms with van der Waals surface area (Å²) < 4.78 is 63.8. The molecule has 1 aromatic rings. The second-order valence-corrected chi connectivity index (χ2v) is 5.78. The molecule has 1 fully saturated rings. The maximum atomic E-state index is 12.7. The van der Waals surface area contributed by atoms with Crippen molar-refractivity contribution in [2.24, 2.45) is 5.84 Å². The maximum Gasteiger partial charge on any atom is 0.407 e. The van der Waals surface area contributed by atoms with Crippen molar-refractivity contribution < 1.29 is 21.6 Å². The minimum Gasteiger partial charge on any atom is -0.321 e. The number of nitrogens with one attached hydrogen (secondary N) is 2. The van der Waals surface area contributed by atoms with Gasteiger partial charge < -0.3 is 5.43 Å². The van der Waals surface area contributed by atoms with Crippen molar-refractivity contribution in [1.82, 2.24) is 9.71 Å². The Morgan fingerprint density at radius 2 is 2.00 bits per heavy atom. The van der Waals surface area contributed by atoms with E-state index >= 15 is 0 Å². The van der Waals surface area contributed by atoms with Crippen molar-refractivity contribution in [3.05, 3.63) is 18.3 Å². The van der Waals surface area contributed by atoms with E-state index in [1.807, 2.05) is 0 Å². The Kier molecular flexibility index (Phi) is 3.19. The van der Waals surface area contributed by atoms with Gasteiger partial charge in [-0.3, -0.25) is 5.84 Å². The van der Waals surface area contributed by atoms with E-state index in [-0.39, 0.29) is 18.5 Å². The lowest BCUT2D eigenvalue weighted by atomic mass is 10.3. The molecular formula is C9H11F3N4O2S. The van der Waals surface area contributed by atoms with Crippen LogP contribution < -0.4 is 16.0 Å². The van der Waals surface area contributed by atoms with E-state index in [0.29, 0.717) is 0 Å². The van der Waals surface area contributed by atoms with Crippen molar-refractivity contribution >= 4 is 15.7 Å². The number of nitrogens with zero attached hydrogens (tertiary/aromatic N) is 1. The molecule has 0 aromatic carbocycles. The van der Waals surface area contributed by atoms with Crippen LogP contribution in [0.5, 0.6) is 0 Å². The molecule has 0 spiro atoms. The summed E-state index contributed by atoms with van der Waals surface area (Å²) in [7, 11) is -4.40. The molecule has 0 radical (unpaired) electrons. The Morgan fingerprint density at radius 3 is 2.47 bits per heavy atom. The van der Waals surface area contributed by atoms with E-state index in [1.54, 1.807) is 4.72 Å². The van der Waals surface area contributed by atoms with Crippen LogP contribution in [0.25, 0.3) is 0 Å². The molecule has 0 amide bonds. The third kappa shape index (κ3) is 2.51. The van der Waals surface area contributed by atoms with Gasteiger partial charge in [0, 0.05) is 6.20 Å². The lowest BCUT2D eigenvalue weighted by molar-refractivity contribution is -0.160. The van der Waals surface area contributed by atoms with Gasteiger partial charge >= 0.3 is 6.18 Å². The van der Waals surface area contributed by atoms with Gasteiger partial charge in [0.1, 0.15) is 5.54 Å². The second-order valence-electron chi connectivity index (χ2n) is 4.19. The number of hydrogen-bond donors (Lipinski definition) is 3. The van der Waals surface area contributed by atoms with Gasteiger partial charge in [0.05, 0.1) is 5.69 Å². The van der Waals surface area contributed by atoms with Gasteiger partial charge in [0.15, 0.2) is 5.03 Å². The number of hydrogen-bond acceptors (Lipinski definition) is 5. The van der Waals surface area contributed by atoms with Crippen LogP contribution in [0.2, 0.25) is 0 Å². The van der Waals surface area contributed by atoms with Crippen LogP contribution in [0.15, 0.2) is 23.4 Å². The summed E-state index contributed by atoms with van der Waals surface area (Å²) >= 11 is 0. The van der Waals surface area contributed by atoms with E-state index < -0.39 is 26.8 Å². The number of pyridine rings is 1. The number of alkyl halides is 3. The van der Waals surface area contributed by atoms with Crippen LogP contribution in [-0.4, -0.2) is 25.1 Å². The number of rotatable bonds is 4. The maximum absolute atomic E-state index is 12.7. The van der Waals surface area contributed by atoms with Crippen LogP contribution in [0.1, 0.15) is 12.8 Å². The quantitative estimate of drug-likeness (QED) is 0.562. The molecule has 1 saturated carbocycles. The number of nitrogens with two attached hydrogens (primary N) is 1. The fourth-order valence-electron chi connectivity index (χ4n) is 1.59. The molecule has 1 aliphatic carbocycles. The van der Waals surface area contributed by atoms with Gasteiger partial charge in [-0.1, -0.05) is 0 Å². The van der Waals surface area contributed by atoms with E-state index in [9.17, 15) is 21.6 Å². The van der Waals surface area contributed by atoms with Crippen molar-refractivity contribution in [3.63, 3.8) is 0 Å². The first kappa shape index (κ1) is 14.0. The highest BCUT2D eigenvalue weighted by atomic mass is 32.2. The van der Waals surface area contributed by atoms with Crippen molar-refractivity contribution in [2.75, 3.05) is 5.43 Å². The fraction of sp³-hybridized carbons (Fsp3) is 0.444. The number of sulfonamides is 1. The third-order valence-corrected chi connectivity index (χ3v) is 4.30. The summed E-state index contributed by atoms with van der Waals surface area (Å²) in [5.74, 6) is 5.11. The molecule has 1 heterocycles. The standard InChI is InChI=1S/C9H11F3N4O2S/c10-9(11,12)8(3-4-8)16-19(17,18)7-6(15-13)2-1-5-14-7/h1-2,5,15-16H,3-4,13H2. The highest BCUT2D eigenvalue weighted by Gasteiger charge is 2.65. The number of aromatic nitrogens is 1. The summed E-state index contributed by atoms with van der Waals surface area (Å²) in [6, 6.07) is 2.71. The first-order valence-corrected chi connectivity index (χ1v) is 6.72. The Labute approximate surface area is 107 Å². The topological polar surface area (TPSA) is 97.1 Å². The van der Waals surface area contributed by atoms with Crippen LogP contribution in [0.4, 0.5) is 18.9 Å². The molecular weight excluding hydrogens is 285 g/mol. The molecule has 0 bridgehead atoms. The molecule has 2 rings (SSSR count). The highest BCUT2D eigenvalue weighted by Crippen LogP contribution is 2.49. The second kappa shape index (κ2) is 4.32. The minimum atomic E-state index is -4.63. The average molecular weight is 296 g/mol. The Morgan fingerprint density at radius 1 is 1.37 bits per heavy atom. The molecule has 1 aliphatic rings. The number of nitrogen functional groups attached to an aromatic ring is 1. The monoisotopic (exact) mass is 296 g/mol. The number of halogens is 3. The molecule has 19 heavy (non-hydrogen) atoms. The van der Waals surface area contributed by atoms with Gasteiger partial charge in [-0.05, 0) is 25.0 Å². The van der Waals surface area contributed by atoms with Gasteiger partial charge in [0.2, 0.25) is 0 Å². The molecule has 0 saturated heterocycles. The Bertz CT molecular complexity index is 583. The molecule has 0 aliphatic heterocycles. The highest BCUT2D eigenvalue weighted by molar-refractivity contribution is 7.89. The average Bonchev–Trinajstić information content (AvgIpc) is 3.08. The lowest BCUT2D eigenvalue weighted by Crippen LogP contribution is -2.48. The lowest BCUT2D eigenvalue weighted by Gasteiger charge is -2.20. The van der Waals surface area contributed by atoms with Crippen molar-refractivity contribution in [3.8, 4) is 0 Å². The molecule has 4 N–H and O–H groups in total. The summed E-state index contributed by atoms with van der Waals surface area (Å²) in [6.45, 7) is 0. The van der Waals surface area contributed by atoms with Crippen LogP contribution >= 0.6 is 0 Å². The molecule has 0 unspecified atom stereocenters. The Hall–Kier alpha value is -1.39. The van der Waals surface area contributed by atoms with Gasteiger partial charge in [-0.2, -0.15) is 17.9 Å². The van der Waals surface area contributed by atoms with E-state index in [0.717, 1.165) is 6.20 Å². The van der Waals surface area contributed by atoms with Crippen molar-refractivity contribution in [2.45, 2.75) is 29.6 Å². The van der Waals surface area contributed by atoms with E-state index in [2.05, 4.69) is 10.4 Å². The summed E-state index contributed by atoms with van der Waals surface area (Å²) in [5.41, 5.74) is -0.372. The summed E-state index contributed by atoms with van der Waals surface area (Å²) in [6.07, 6.45) is -4.05. The van der Waals surface area contributed by atoms with Crippen LogP contribution in [-0.2, 0) is 10.0 Å². The zero-order valence-corrected chi connectivity index (χ0v) is 10.3. The van der Waals surface area contributed by atoms with Crippen LogP contribution in [0, 0.1) is 0 Å². The predicted octanol–water partition coefficient (Wildman–Crippen LogP) is 0.740. The largest absolute Gasteiger partial charge is 0.407 e. The van der Waals surface area contributed by atoms with Crippen molar-refractivity contribution in [1.29, 1.82) is 0 Å². The van der Waals surface area contributed by atoms with E-state index in [4.69, 9.17) is 5.84 Å². The summed E-state index contributed by atoms with van der Waals surface area (Å²) in [5, 5.41) is -0.562. The van der Waals surface area contributed by atoms with Gasteiger partial charge in [0.25, 0.3) is 10.0 Å². The fourth-order valence-corrected chi connectivity index (χ4v) is 3.14. The molecule has 6 nitrogen and oxygen atoms in total. The summed E-state index contributed by atoms with van der Waals surface area (Å²) in [4.78, 5) is 3.55. The third-order valence-electron chi connectivity index (χ3n) is 2.80.